The zero-order valence-corrected chi connectivity index (χ0v) is 16.1. The second kappa shape index (κ2) is 7.69. The number of nitrogens with zero attached hydrogens (tertiary/aromatic N) is 3. The number of ether oxygens (including phenoxy) is 1. The molecule has 0 aliphatic carbocycles. The number of hydrogen-bond donors (Lipinski definition) is 1. The van der Waals surface area contributed by atoms with Crippen LogP contribution in [0.4, 0.5) is 5.00 Å². The Morgan fingerprint density at radius 3 is 2.58 bits per heavy atom. The van der Waals surface area contributed by atoms with Gasteiger partial charge in [0.1, 0.15) is 10.6 Å². The first-order valence-electron chi connectivity index (χ1n) is 8.02. The van der Waals surface area contributed by atoms with Crippen LogP contribution in [0.5, 0.6) is 5.88 Å². The van der Waals surface area contributed by atoms with Crippen LogP contribution in [0.1, 0.15) is 48.2 Å². The molecule has 0 unspecified atom stereocenters. The molecular formula is C17H21N3O5S. The number of esters is 1. The molecule has 0 spiro atoms. The Bertz CT molecular complexity index is 982. The lowest BCUT2D eigenvalue weighted by atomic mass is 10.0. The predicted octanol–water partition coefficient (Wildman–Crippen LogP) is 1.90. The van der Waals surface area contributed by atoms with Crippen LogP contribution in [0.2, 0.25) is 0 Å². The van der Waals surface area contributed by atoms with Gasteiger partial charge in [0, 0.05) is 20.3 Å². The van der Waals surface area contributed by atoms with Crippen molar-refractivity contribution in [2.24, 2.45) is 19.1 Å². The number of hydrogen-bond acceptors (Lipinski definition) is 7. The molecule has 0 saturated carbocycles. The number of aromatic hydroxyl groups is 1. The van der Waals surface area contributed by atoms with Crippen molar-refractivity contribution in [2.75, 3.05) is 6.61 Å². The van der Waals surface area contributed by atoms with Crippen molar-refractivity contribution in [1.82, 2.24) is 9.13 Å². The third-order valence-electron chi connectivity index (χ3n) is 3.88. The molecule has 1 N–H and O–H groups in total. The SMILES string of the molecule is CCOC(=O)c1c(C(C)C)csc1/N=C/c1c(O)n(C)c(=O)n(C)c1=O. The molecule has 0 aliphatic rings. The number of aromatic nitrogens is 2. The monoisotopic (exact) mass is 379 g/mol. The van der Waals surface area contributed by atoms with Crippen LogP contribution in [0, 0.1) is 0 Å². The van der Waals surface area contributed by atoms with Crippen LogP contribution >= 0.6 is 11.3 Å². The van der Waals surface area contributed by atoms with Gasteiger partial charge < -0.3 is 9.84 Å². The van der Waals surface area contributed by atoms with E-state index in [-0.39, 0.29) is 18.1 Å². The van der Waals surface area contributed by atoms with Gasteiger partial charge in [-0.2, -0.15) is 0 Å². The predicted molar refractivity (Wildman–Crippen MR) is 100 cm³/mol. The first-order chi connectivity index (χ1) is 12.2. The van der Waals surface area contributed by atoms with Crippen molar-refractivity contribution in [1.29, 1.82) is 0 Å². The second-order valence-corrected chi connectivity index (χ2v) is 6.81. The minimum absolute atomic E-state index is 0.0911. The average molecular weight is 379 g/mol. The second-order valence-electron chi connectivity index (χ2n) is 5.95. The molecule has 2 rings (SSSR count). The number of rotatable bonds is 5. The van der Waals surface area contributed by atoms with Crippen molar-refractivity contribution in [3.63, 3.8) is 0 Å². The molecule has 2 aromatic heterocycles. The summed E-state index contributed by atoms with van der Waals surface area (Å²) in [6, 6.07) is 0. The topological polar surface area (TPSA) is 103 Å². The summed E-state index contributed by atoms with van der Waals surface area (Å²) in [5.74, 6) is -0.879. The Hall–Kier alpha value is -2.68. The van der Waals surface area contributed by atoms with Gasteiger partial charge >= 0.3 is 11.7 Å². The highest BCUT2D eigenvalue weighted by molar-refractivity contribution is 7.14. The van der Waals surface area contributed by atoms with Crippen molar-refractivity contribution >= 4 is 28.5 Å². The zero-order chi connectivity index (χ0) is 19.6. The highest BCUT2D eigenvalue weighted by Gasteiger charge is 2.22. The Morgan fingerprint density at radius 1 is 1.35 bits per heavy atom. The summed E-state index contributed by atoms with van der Waals surface area (Å²) in [5, 5.41) is 12.3. The van der Waals surface area contributed by atoms with Gasteiger partial charge in [0.05, 0.1) is 12.2 Å². The minimum atomic E-state index is -0.673. The molecule has 9 heteroatoms. The molecule has 8 nitrogen and oxygen atoms in total. The summed E-state index contributed by atoms with van der Waals surface area (Å²) in [5.41, 5.74) is -0.297. The van der Waals surface area contributed by atoms with Gasteiger partial charge in [-0.1, -0.05) is 13.8 Å². The molecule has 26 heavy (non-hydrogen) atoms. The van der Waals surface area contributed by atoms with E-state index in [4.69, 9.17) is 4.74 Å². The standard InChI is InChI=1S/C17H21N3O5S/c1-6-25-16(23)12-11(9(2)3)8-26-13(12)18-7-10-14(21)19(4)17(24)20(5)15(10)22/h7-9,21H,6H2,1-5H3/b18-7+. The van der Waals surface area contributed by atoms with Crippen molar-refractivity contribution in [3.8, 4) is 5.88 Å². The lowest BCUT2D eigenvalue weighted by Gasteiger charge is -2.08. The molecule has 2 heterocycles. The van der Waals surface area contributed by atoms with Gasteiger partial charge in [-0.05, 0) is 23.8 Å². The highest BCUT2D eigenvalue weighted by atomic mass is 32.1. The molecule has 0 atom stereocenters. The van der Waals surface area contributed by atoms with E-state index >= 15 is 0 Å². The molecule has 2 aromatic rings. The van der Waals surface area contributed by atoms with E-state index in [1.54, 1.807) is 6.92 Å². The van der Waals surface area contributed by atoms with Crippen LogP contribution in [-0.4, -0.2) is 33.0 Å². The molecule has 0 aliphatic heterocycles. The molecule has 0 fully saturated rings. The van der Waals surface area contributed by atoms with E-state index in [1.807, 2.05) is 19.2 Å². The van der Waals surface area contributed by atoms with Gasteiger partial charge in [-0.15, -0.1) is 11.3 Å². The summed E-state index contributed by atoms with van der Waals surface area (Å²) in [6.07, 6.45) is 1.16. The Labute approximate surface area is 154 Å². The van der Waals surface area contributed by atoms with E-state index in [2.05, 4.69) is 4.99 Å². The summed E-state index contributed by atoms with van der Waals surface area (Å²) >= 11 is 1.24. The van der Waals surface area contributed by atoms with E-state index < -0.39 is 23.1 Å². The quantitative estimate of drug-likeness (QED) is 0.631. The third-order valence-corrected chi connectivity index (χ3v) is 4.78. The smallest absolute Gasteiger partial charge is 0.341 e. The van der Waals surface area contributed by atoms with Crippen LogP contribution in [-0.2, 0) is 18.8 Å². The first kappa shape index (κ1) is 19.6. The van der Waals surface area contributed by atoms with E-state index in [9.17, 15) is 19.5 Å². The fourth-order valence-corrected chi connectivity index (χ4v) is 3.45. The number of aliphatic imine (C=N–C) groups is 1. The van der Waals surface area contributed by atoms with E-state index in [0.29, 0.717) is 10.6 Å². The van der Waals surface area contributed by atoms with Crippen molar-refractivity contribution in [3.05, 3.63) is 42.9 Å². The highest BCUT2D eigenvalue weighted by Crippen LogP contribution is 2.35. The van der Waals surface area contributed by atoms with Gasteiger partial charge in [0.25, 0.3) is 5.56 Å². The Kier molecular flexibility index (Phi) is 5.81. The average Bonchev–Trinajstić information content (AvgIpc) is 3.03. The maximum atomic E-state index is 12.3. The van der Waals surface area contributed by atoms with Crippen LogP contribution in [0.25, 0.3) is 0 Å². The maximum absolute atomic E-state index is 12.3. The van der Waals surface area contributed by atoms with Crippen LogP contribution in [0.3, 0.4) is 0 Å². The lowest BCUT2D eigenvalue weighted by molar-refractivity contribution is 0.0526. The van der Waals surface area contributed by atoms with Gasteiger partial charge in [-0.25, -0.2) is 14.6 Å². The minimum Gasteiger partial charge on any atom is -0.494 e. The van der Waals surface area contributed by atoms with Crippen molar-refractivity contribution in [2.45, 2.75) is 26.7 Å². The Balaban J connectivity index is 2.59. The number of carbonyl (C=O) groups excluding carboxylic acids is 1. The van der Waals surface area contributed by atoms with Gasteiger partial charge in [0.15, 0.2) is 0 Å². The molecular weight excluding hydrogens is 358 g/mol. The van der Waals surface area contributed by atoms with Crippen molar-refractivity contribution < 1.29 is 14.6 Å². The normalized spacial score (nSPS) is 11.5. The molecule has 0 saturated heterocycles. The summed E-state index contributed by atoms with van der Waals surface area (Å²) < 4.78 is 6.93. The van der Waals surface area contributed by atoms with Crippen LogP contribution in [0.15, 0.2) is 20.0 Å². The first-order valence-corrected chi connectivity index (χ1v) is 8.90. The van der Waals surface area contributed by atoms with Gasteiger partial charge in [-0.3, -0.25) is 13.9 Å². The maximum Gasteiger partial charge on any atom is 0.341 e. The fourth-order valence-electron chi connectivity index (χ4n) is 2.38. The van der Waals surface area contributed by atoms with E-state index in [0.717, 1.165) is 20.9 Å². The van der Waals surface area contributed by atoms with E-state index in [1.165, 1.54) is 25.4 Å². The zero-order valence-electron chi connectivity index (χ0n) is 15.3. The molecule has 140 valence electrons. The molecule has 0 aromatic carbocycles. The third kappa shape index (κ3) is 3.48. The summed E-state index contributed by atoms with van der Waals surface area (Å²) in [7, 11) is 2.66. The number of carbonyl (C=O) groups is 1. The summed E-state index contributed by atoms with van der Waals surface area (Å²) in [4.78, 5) is 40.5. The molecule has 0 radical (unpaired) electrons. The lowest BCUT2D eigenvalue weighted by Crippen LogP contribution is -2.38. The number of thiophene rings is 1. The molecule has 0 bridgehead atoms. The largest absolute Gasteiger partial charge is 0.494 e. The molecule has 0 amide bonds. The Morgan fingerprint density at radius 2 is 2.00 bits per heavy atom. The van der Waals surface area contributed by atoms with Crippen LogP contribution < -0.4 is 11.2 Å². The van der Waals surface area contributed by atoms with Gasteiger partial charge in [0.2, 0.25) is 5.88 Å². The fraction of sp³-hybridized carbons (Fsp3) is 0.412. The summed E-state index contributed by atoms with van der Waals surface area (Å²) in [6.45, 7) is 5.85.